The fraction of sp³-hybridized carbons (Fsp3) is 0.435. The summed E-state index contributed by atoms with van der Waals surface area (Å²) in [4.78, 5) is 19.3. The normalized spacial score (nSPS) is 30.6. The van der Waals surface area contributed by atoms with Crippen LogP contribution in [0.15, 0.2) is 43.0 Å². The van der Waals surface area contributed by atoms with Crippen molar-refractivity contribution in [1.82, 2.24) is 9.97 Å². The van der Waals surface area contributed by atoms with Gasteiger partial charge < -0.3 is 9.84 Å². The number of nitrogens with zero attached hydrogens (tertiary/aromatic N) is 2. The molecule has 3 aliphatic carbocycles. The molecule has 5 heteroatoms. The van der Waals surface area contributed by atoms with Gasteiger partial charge in [0.05, 0.1) is 0 Å². The Morgan fingerprint density at radius 3 is 2.86 bits per heavy atom. The van der Waals surface area contributed by atoms with Gasteiger partial charge in [-0.2, -0.15) is 0 Å². The molecule has 0 amide bonds. The smallest absolute Gasteiger partial charge is 0.449 e. The van der Waals surface area contributed by atoms with E-state index in [1.54, 1.807) is 6.33 Å². The Hall–Kier alpha value is -2.69. The van der Waals surface area contributed by atoms with Gasteiger partial charge in [-0.25, -0.2) is 14.8 Å². The summed E-state index contributed by atoms with van der Waals surface area (Å²) < 4.78 is 4.86. The molecule has 5 nitrogen and oxygen atoms in total. The van der Waals surface area contributed by atoms with Crippen LogP contribution in [0, 0.1) is 17.3 Å². The molecule has 0 unspecified atom stereocenters. The maximum atomic E-state index is 10.8. The first-order valence-corrected chi connectivity index (χ1v) is 10.1. The lowest BCUT2D eigenvalue weighted by atomic mass is 9.54. The highest BCUT2D eigenvalue weighted by Gasteiger charge is 2.51. The first-order chi connectivity index (χ1) is 13.6. The van der Waals surface area contributed by atoms with Crippen LogP contribution in [0.3, 0.4) is 0 Å². The van der Waals surface area contributed by atoms with E-state index in [1.807, 2.05) is 24.5 Å². The molecule has 0 bridgehead atoms. The number of aryl methyl sites for hydroxylation is 1. The summed E-state index contributed by atoms with van der Waals surface area (Å²) in [7, 11) is 0. The van der Waals surface area contributed by atoms with Gasteiger partial charge >= 0.3 is 6.16 Å². The maximum absolute atomic E-state index is 10.8. The summed E-state index contributed by atoms with van der Waals surface area (Å²) in [6, 6.07) is 5.83. The molecule has 0 spiro atoms. The average Bonchev–Trinajstić information content (AvgIpc) is 3.05. The van der Waals surface area contributed by atoms with Gasteiger partial charge in [-0.1, -0.05) is 19.1 Å². The van der Waals surface area contributed by atoms with E-state index in [1.165, 1.54) is 16.7 Å². The number of carboxylic acid groups (broad SMARTS) is 1. The molecule has 2 aromatic rings. The predicted molar refractivity (Wildman–Crippen MR) is 105 cm³/mol. The van der Waals surface area contributed by atoms with E-state index >= 15 is 0 Å². The lowest BCUT2D eigenvalue weighted by Crippen LogP contribution is -2.40. The molecule has 1 saturated carbocycles. The maximum Gasteiger partial charge on any atom is 0.511 e. The van der Waals surface area contributed by atoms with Gasteiger partial charge in [-0.3, -0.25) is 0 Å². The second kappa shape index (κ2) is 6.43. The zero-order chi connectivity index (χ0) is 19.3. The second-order valence-electron chi connectivity index (χ2n) is 8.58. The van der Waals surface area contributed by atoms with E-state index in [9.17, 15) is 4.79 Å². The fourth-order valence-electron chi connectivity index (χ4n) is 6.18. The third-order valence-corrected chi connectivity index (χ3v) is 7.36. The highest BCUT2D eigenvalue weighted by Crippen LogP contribution is 2.63. The van der Waals surface area contributed by atoms with Crippen molar-refractivity contribution in [3.8, 4) is 5.75 Å². The predicted octanol–water partition coefficient (Wildman–Crippen LogP) is 5.08. The molecule has 3 aliphatic rings. The van der Waals surface area contributed by atoms with Crippen molar-refractivity contribution in [2.24, 2.45) is 17.3 Å². The SMILES string of the molecule is C[C@]12CC[C@@H]3c4ccc(OC(=O)O)cc4CC[C@H]3[C@@H]1CC=C2c1cncnc1. The molecule has 1 aromatic heterocycles. The van der Waals surface area contributed by atoms with Crippen LogP contribution in [-0.2, 0) is 6.42 Å². The first-order valence-electron chi connectivity index (χ1n) is 10.1. The van der Waals surface area contributed by atoms with Gasteiger partial charge in [0, 0.05) is 18.0 Å². The Morgan fingerprint density at radius 2 is 2.07 bits per heavy atom. The number of rotatable bonds is 2. The Balaban J connectivity index is 1.43. The number of hydrogen-bond acceptors (Lipinski definition) is 4. The minimum absolute atomic E-state index is 0.190. The number of hydrogen-bond donors (Lipinski definition) is 1. The number of fused-ring (bicyclic) bond motifs is 5. The van der Waals surface area contributed by atoms with Crippen LogP contribution in [0.1, 0.15) is 55.2 Å². The number of aromatic nitrogens is 2. The summed E-state index contributed by atoms with van der Waals surface area (Å²) in [5, 5.41) is 8.87. The Bertz CT molecular complexity index is 956. The number of ether oxygens (including phenoxy) is 1. The van der Waals surface area contributed by atoms with Crippen LogP contribution in [0.25, 0.3) is 5.57 Å². The third kappa shape index (κ3) is 2.64. The van der Waals surface area contributed by atoms with Crippen LogP contribution in [-0.4, -0.2) is 21.2 Å². The third-order valence-electron chi connectivity index (χ3n) is 7.36. The summed E-state index contributed by atoms with van der Waals surface area (Å²) in [6.07, 6.45) is 12.2. The molecular formula is C23H24N2O3. The van der Waals surface area contributed by atoms with Crippen LogP contribution in [0.4, 0.5) is 4.79 Å². The van der Waals surface area contributed by atoms with Crippen molar-refractivity contribution in [2.75, 3.05) is 0 Å². The van der Waals surface area contributed by atoms with E-state index in [-0.39, 0.29) is 5.41 Å². The minimum atomic E-state index is -1.25. The van der Waals surface area contributed by atoms with Gasteiger partial charge in [0.15, 0.2) is 0 Å². The second-order valence-corrected chi connectivity index (χ2v) is 8.58. The van der Waals surface area contributed by atoms with Crippen molar-refractivity contribution < 1.29 is 14.6 Å². The van der Waals surface area contributed by atoms with E-state index in [4.69, 9.17) is 9.84 Å². The highest BCUT2D eigenvalue weighted by molar-refractivity contribution is 5.72. The molecular weight excluding hydrogens is 352 g/mol. The zero-order valence-corrected chi connectivity index (χ0v) is 16.0. The minimum Gasteiger partial charge on any atom is -0.449 e. The van der Waals surface area contributed by atoms with Crippen molar-refractivity contribution in [1.29, 1.82) is 0 Å². The molecule has 1 fully saturated rings. The van der Waals surface area contributed by atoms with Crippen molar-refractivity contribution in [3.05, 3.63) is 59.7 Å². The van der Waals surface area contributed by atoms with E-state index in [0.717, 1.165) is 37.7 Å². The topological polar surface area (TPSA) is 72.3 Å². The molecule has 4 atom stereocenters. The van der Waals surface area contributed by atoms with Gasteiger partial charge in [0.2, 0.25) is 0 Å². The van der Waals surface area contributed by atoms with Crippen molar-refractivity contribution >= 4 is 11.7 Å². The molecule has 5 rings (SSSR count). The summed E-state index contributed by atoms with van der Waals surface area (Å²) in [5.74, 6) is 2.29. The van der Waals surface area contributed by atoms with Crippen LogP contribution < -0.4 is 4.74 Å². The number of allylic oxidation sites excluding steroid dienone is 2. The first kappa shape index (κ1) is 17.4. The van der Waals surface area contributed by atoms with Crippen molar-refractivity contribution in [3.63, 3.8) is 0 Å². The largest absolute Gasteiger partial charge is 0.511 e. The monoisotopic (exact) mass is 376 g/mol. The van der Waals surface area contributed by atoms with E-state index in [0.29, 0.717) is 23.5 Å². The zero-order valence-electron chi connectivity index (χ0n) is 16.0. The number of carbonyl (C=O) groups is 1. The van der Waals surface area contributed by atoms with Gasteiger partial charge in [0.25, 0.3) is 0 Å². The molecule has 0 radical (unpaired) electrons. The molecule has 144 valence electrons. The van der Waals surface area contributed by atoms with Crippen LogP contribution in [0.2, 0.25) is 0 Å². The Morgan fingerprint density at radius 1 is 1.25 bits per heavy atom. The van der Waals surface area contributed by atoms with Crippen LogP contribution >= 0.6 is 0 Å². The van der Waals surface area contributed by atoms with E-state index in [2.05, 4.69) is 29.0 Å². The Kier molecular flexibility index (Phi) is 4.00. The molecule has 0 aliphatic heterocycles. The molecule has 1 N–H and O–H groups in total. The van der Waals surface area contributed by atoms with Crippen LogP contribution in [0.5, 0.6) is 5.75 Å². The van der Waals surface area contributed by atoms with Gasteiger partial charge in [0.1, 0.15) is 12.1 Å². The summed E-state index contributed by atoms with van der Waals surface area (Å²) >= 11 is 0. The fourth-order valence-corrected chi connectivity index (χ4v) is 6.18. The lowest BCUT2D eigenvalue weighted by Gasteiger charge is -2.50. The standard InChI is InChI=1S/C23H24N2O3/c1-23-9-8-18-17-5-3-16(28-22(26)27)10-14(17)2-4-19(18)21(23)7-6-20(23)15-11-24-13-25-12-15/h3,5-6,10-13,18-19,21H,2,4,7-9H2,1H3,(H,26,27)/t18-,19-,21+,23-/m1/s1. The lowest BCUT2D eigenvalue weighted by molar-refractivity contribution is 0.0884. The quantitative estimate of drug-likeness (QED) is 0.584. The average molecular weight is 376 g/mol. The molecule has 28 heavy (non-hydrogen) atoms. The van der Waals surface area contributed by atoms with E-state index < -0.39 is 6.16 Å². The highest BCUT2D eigenvalue weighted by atomic mass is 16.7. The molecule has 1 heterocycles. The number of benzene rings is 1. The molecule has 0 saturated heterocycles. The summed E-state index contributed by atoms with van der Waals surface area (Å²) in [6.45, 7) is 2.43. The van der Waals surface area contributed by atoms with Crippen molar-refractivity contribution in [2.45, 2.75) is 44.9 Å². The van der Waals surface area contributed by atoms with Gasteiger partial charge in [-0.15, -0.1) is 0 Å². The Labute approximate surface area is 164 Å². The van der Waals surface area contributed by atoms with Gasteiger partial charge in [-0.05, 0) is 84.1 Å². The summed E-state index contributed by atoms with van der Waals surface area (Å²) in [5.41, 5.74) is 5.43. The molecule has 1 aromatic carbocycles.